The van der Waals surface area contributed by atoms with Gasteiger partial charge in [-0.2, -0.15) is 0 Å². The van der Waals surface area contributed by atoms with Gasteiger partial charge in [0.2, 0.25) is 0 Å². The summed E-state index contributed by atoms with van der Waals surface area (Å²) in [7, 11) is 0. The molecule has 8 nitrogen and oxygen atoms in total. The Bertz CT molecular complexity index is 1530. The van der Waals surface area contributed by atoms with E-state index in [9.17, 15) is 9.59 Å². The van der Waals surface area contributed by atoms with E-state index in [1.54, 1.807) is 60.9 Å². The summed E-state index contributed by atoms with van der Waals surface area (Å²) in [5, 5.41) is 3.25. The number of esters is 1. The van der Waals surface area contributed by atoms with Crippen LogP contribution in [0.3, 0.4) is 0 Å². The number of fused-ring (bicyclic) bond motifs is 1. The molecule has 0 spiro atoms. The normalized spacial score (nSPS) is 10.9. The van der Waals surface area contributed by atoms with Crippen LogP contribution < -0.4 is 5.32 Å². The Kier molecular flexibility index (Phi) is 6.22. The lowest BCUT2D eigenvalue weighted by molar-refractivity contribution is -0.119. The number of nitrogens with one attached hydrogen (secondary N) is 1. The van der Waals surface area contributed by atoms with Crippen LogP contribution in [0.1, 0.15) is 10.4 Å². The van der Waals surface area contributed by atoms with Gasteiger partial charge < -0.3 is 18.9 Å². The van der Waals surface area contributed by atoms with Gasteiger partial charge in [0, 0.05) is 5.69 Å². The highest BCUT2D eigenvalue weighted by Gasteiger charge is 2.19. The van der Waals surface area contributed by atoms with E-state index in [1.165, 1.54) is 12.3 Å². The summed E-state index contributed by atoms with van der Waals surface area (Å²) >= 11 is 11.8. The minimum absolute atomic E-state index is 0.213. The molecule has 3 aromatic heterocycles. The topological polar surface area (TPSA) is 107 Å². The quantitative estimate of drug-likeness (QED) is 0.270. The van der Waals surface area contributed by atoms with E-state index < -0.39 is 18.5 Å². The highest BCUT2D eigenvalue weighted by atomic mass is 35.5. The van der Waals surface area contributed by atoms with Crippen LogP contribution in [0.2, 0.25) is 10.0 Å². The number of hydrogen-bond donors (Lipinski definition) is 1. The molecule has 0 unspecified atom stereocenters. The van der Waals surface area contributed by atoms with E-state index >= 15 is 0 Å². The standard InChI is InChI=1S/C25H15Cl2N3O5/c26-16-7-6-15(12-17(16)27)28-22(31)13-35-25(32)14-5-8-18-19(11-14)30-24(21-4-2-10-34-21)23(29-18)20-3-1-9-33-20/h1-12H,13H2,(H,28,31). The van der Waals surface area contributed by atoms with Crippen LogP contribution in [0.15, 0.2) is 82.0 Å². The van der Waals surface area contributed by atoms with Crippen molar-refractivity contribution in [2.75, 3.05) is 11.9 Å². The molecule has 35 heavy (non-hydrogen) atoms. The molecule has 5 rings (SSSR count). The Balaban J connectivity index is 1.36. The SMILES string of the molecule is O=C(COC(=O)c1ccc2nc(-c3ccco3)c(-c3ccco3)nc2c1)Nc1ccc(Cl)c(Cl)c1. The molecule has 0 radical (unpaired) electrons. The van der Waals surface area contributed by atoms with Crippen molar-refractivity contribution >= 4 is 51.8 Å². The highest BCUT2D eigenvalue weighted by molar-refractivity contribution is 6.42. The molecule has 0 atom stereocenters. The first-order valence-corrected chi connectivity index (χ1v) is 11.0. The second-order valence-corrected chi connectivity index (χ2v) is 8.15. The fourth-order valence-corrected chi connectivity index (χ4v) is 3.63. The molecule has 10 heteroatoms. The minimum Gasteiger partial charge on any atom is -0.463 e. The van der Waals surface area contributed by atoms with E-state index in [0.29, 0.717) is 49.7 Å². The van der Waals surface area contributed by atoms with Gasteiger partial charge in [-0.3, -0.25) is 4.79 Å². The average molecular weight is 508 g/mol. The van der Waals surface area contributed by atoms with Crippen molar-refractivity contribution < 1.29 is 23.2 Å². The number of carbonyl (C=O) groups is 2. The van der Waals surface area contributed by atoms with Crippen LogP contribution in [0.5, 0.6) is 0 Å². The Hall–Kier alpha value is -4.14. The maximum Gasteiger partial charge on any atom is 0.338 e. The lowest BCUT2D eigenvalue weighted by Gasteiger charge is -2.09. The fourth-order valence-electron chi connectivity index (χ4n) is 3.34. The number of halogens is 2. The zero-order chi connectivity index (χ0) is 24.4. The number of carbonyl (C=O) groups excluding carboxylic acids is 2. The number of aromatic nitrogens is 2. The maximum absolute atomic E-state index is 12.6. The smallest absolute Gasteiger partial charge is 0.338 e. The molecule has 1 N–H and O–H groups in total. The Morgan fingerprint density at radius 2 is 1.51 bits per heavy atom. The number of amides is 1. The van der Waals surface area contributed by atoms with Gasteiger partial charge in [0.05, 0.1) is 39.2 Å². The van der Waals surface area contributed by atoms with Crippen LogP contribution >= 0.6 is 23.2 Å². The van der Waals surface area contributed by atoms with Crippen molar-refractivity contribution in [3.05, 3.63) is 88.8 Å². The van der Waals surface area contributed by atoms with Gasteiger partial charge in [-0.15, -0.1) is 0 Å². The predicted molar refractivity (Wildman–Crippen MR) is 130 cm³/mol. The average Bonchev–Trinajstić information content (AvgIpc) is 3.58. The van der Waals surface area contributed by atoms with Crippen LogP contribution in [-0.4, -0.2) is 28.5 Å². The second kappa shape index (κ2) is 9.61. The monoisotopic (exact) mass is 507 g/mol. The largest absolute Gasteiger partial charge is 0.463 e. The van der Waals surface area contributed by atoms with Gasteiger partial charge in [0.15, 0.2) is 18.1 Å². The van der Waals surface area contributed by atoms with E-state index in [2.05, 4.69) is 15.3 Å². The van der Waals surface area contributed by atoms with Crippen molar-refractivity contribution in [3.63, 3.8) is 0 Å². The first-order chi connectivity index (χ1) is 17.0. The molecule has 0 fully saturated rings. The molecule has 174 valence electrons. The number of hydrogen-bond acceptors (Lipinski definition) is 7. The summed E-state index contributed by atoms with van der Waals surface area (Å²) in [5.74, 6) is -0.187. The van der Waals surface area contributed by atoms with Crippen molar-refractivity contribution in [2.45, 2.75) is 0 Å². The number of furan rings is 2. The van der Waals surface area contributed by atoms with Gasteiger partial charge in [-0.05, 0) is 60.7 Å². The van der Waals surface area contributed by atoms with Crippen LogP contribution in [-0.2, 0) is 9.53 Å². The molecular weight excluding hydrogens is 493 g/mol. The third kappa shape index (κ3) is 4.89. The molecule has 0 aliphatic heterocycles. The van der Waals surface area contributed by atoms with Crippen molar-refractivity contribution in [1.29, 1.82) is 0 Å². The number of rotatable bonds is 6. The predicted octanol–water partition coefficient (Wildman–Crippen LogP) is 6.25. The van der Waals surface area contributed by atoms with E-state index in [-0.39, 0.29) is 5.56 Å². The molecule has 0 aliphatic carbocycles. The molecule has 2 aromatic carbocycles. The molecule has 3 heterocycles. The zero-order valence-electron chi connectivity index (χ0n) is 17.8. The summed E-state index contributed by atoms with van der Waals surface area (Å²) in [6, 6.07) is 16.4. The summed E-state index contributed by atoms with van der Waals surface area (Å²) < 4.78 is 16.2. The number of ether oxygens (including phenoxy) is 1. The fraction of sp³-hybridized carbons (Fsp3) is 0.0400. The third-order valence-corrected chi connectivity index (χ3v) is 5.69. The Labute approximate surface area is 208 Å². The molecule has 1 amide bonds. The van der Waals surface area contributed by atoms with E-state index in [4.69, 9.17) is 36.8 Å². The lowest BCUT2D eigenvalue weighted by atomic mass is 10.1. The van der Waals surface area contributed by atoms with Crippen molar-refractivity contribution in [1.82, 2.24) is 9.97 Å². The molecule has 0 saturated heterocycles. The zero-order valence-corrected chi connectivity index (χ0v) is 19.3. The molecule has 0 bridgehead atoms. The molecular formula is C25H15Cl2N3O5. The molecule has 0 aliphatic rings. The van der Waals surface area contributed by atoms with Gasteiger partial charge in [-0.1, -0.05) is 23.2 Å². The first kappa shape index (κ1) is 22.6. The summed E-state index contributed by atoms with van der Waals surface area (Å²) in [4.78, 5) is 34.1. The third-order valence-electron chi connectivity index (χ3n) is 4.95. The van der Waals surface area contributed by atoms with E-state index in [1.807, 2.05) is 0 Å². The van der Waals surface area contributed by atoms with Crippen molar-refractivity contribution in [2.24, 2.45) is 0 Å². The van der Waals surface area contributed by atoms with Gasteiger partial charge in [-0.25, -0.2) is 14.8 Å². The number of anilines is 1. The van der Waals surface area contributed by atoms with Crippen LogP contribution in [0.25, 0.3) is 33.9 Å². The van der Waals surface area contributed by atoms with Gasteiger partial charge in [0.1, 0.15) is 11.4 Å². The highest BCUT2D eigenvalue weighted by Crippen LogP contribution is 2.31. The first-order valence-electron chi connectivity index (χ1n) is 10.3. The van der Waals surface area contributed by atoms with Crippen LogP contribution in [0, 0.1) is 0 Å². The summed E-state index contributed by atoms with van der Waals surface area (Å²) in [5.41, 5.74) is 2.60. The second-order valence-electron chi connectivity index (χ2n) is 7.33. The summed E-state index contributed by atoms with van der Waals surface area (Å²) in [6.07, 6.45) is 3.08. The Morgan fingerprint density at radius 1 is 0.829 bits per heavy atom. The number of nitrogens with zero attached hydrogens (tertiary/aromatic N) is 2. The van der Waals surface area contributed by atoms with Gasteiger partial charge >= 0.3 is 5.97 Å². The van der Waals surface area contributed by atoms with E-state index in [0.717, 1.165) is 0 Å². The Morgan fingerprint density at radius 3 is 2.14 bits per heavy atom. The molecule has 5 aromatic rings. The van der Waals surface area contributed by atoms with Gasteiger partial charge in [0.25, 0.3) is 5.91 Å². The van der Waals surface area contributed by atoms with Crippen LogP contribution in [0.4, 0.5) is 5.69 Å². The molecule has 0 saturated carbocycles. The lowest BCUT2D eigenvalue weighted by Crippen LogP contribution is -2.21. The van der Waals surface area contributed by atoms with Crippen molar-refractivity contribution in [3.8, 4) is 22.9 Å². The number of benzene rings is 2. The summed E-state index contributed by atoms with van der Waals surface area (Å²) in [6.45, 7) is -0.488. The minimum atomic E-state index is -0.687. The maximum atomic E-state index is 12.6.